The maximum Gasteiger partial charge on any atom is 0.102 e. The van der Waals surface area contributed by atoms with E-state index in [-0.39, 0.29) is 26.9 Å². The molecule has 1 N–H and O–H groups in total. The van der Waals surface area contributed by atoms with Crippen molar-refractivity contribution in [3.63, 3.8) is 0 Å². The van der Waals surface area contributed by atoms with Gasteiger partial charge in [0.05, 0.1) is 0 Å². The normalized spacial score (nSPS) is 8.25. The molecule has 1 nitrogen and oxygen atoms in total. The van der Waals surface area contributed by atoms with Crippen molar-refractivity contribution in [3.05, 3.63) is 0 Å². The Morgan fingerprint density at radius 2 is 1.50 bits per heavy atom. The van der Waals surface area contributed by atoms with Crippen LogP contribution >= 0.6 is 12.4 Å². The molecule has 0 saturated heterocycles. The SMILES string of the molecule is Cl.FCCNCCF.[HH]. The van der Waals surface area contributed by atoms with Gasteiger partial charge in [0, 0.05) is 14.5 Å². The summed E-state index contributed by atoms with van der Waals surface area (Å²) in [7, 11) is 0. The zero-order valence-corrected chi connectivity index (χ0v) is 5.31. The van der Waals surface area contributed by atoms with Gasteiger partial charge in [-0.05, 0) is 0 Å². The summed E-state index contributed by atoms with van der Waals surface area (Å²) in [6.07, 6.45) is 0. The van der Waals surface area contributed by atoms with Crippen LogP contribution in [0.2, 0.25) is 0 Å². The van der Waals surface area contributed by atoms with E-state index in [0.717, 1.165) is 0 Å². The van der Waals surface area contributed by atoms with Crippen LogP contribution in [0.3, 0.4) is 0 Å². The fraction of sp³-hybridized carbons (Fsp3) is 1.00. The molecule has 0 aliphatic carbocycles. The minimum Gasteiger partial charge on any atom is -0.312 e. The van der Waals surface area contributed by atoms with Gasteiger partial charge in [0.1, 0.15) is 13.3 Å². The molecule has 0 amide bonds. The Balaban J connectivity index is -0.000000180. The quantitative estimate of drug-likeness (QED) is 0.589. The molecule has 0 aliphatic rings. The predicted octanol–water partition coefficient (Wildman–Crippen LogP) is 1.18. The van der Waals surface area contributed by atoms with Crippen molar-refractivity contribution in [1.82, 2.24) is 5.32 Å². The van der Waals surface area contributed by atoms with Crippen molar-refractivity contribution in [2.45, 2.75) is 0 Å². The van der Waals surface area contributed by atoms with Crippen LogP contribution in [0.4, 0.5) is 8.78 Å². The first-order chi connectivity index (χ1) is 3.41. The summed E-state index contributed by atoms with van der Waals surface area (Å²) >= 11 is 0. The van der Waals surface area contributed by atoms with Gasteiger partial charge in [-0.25, -0.2) is 8.78 Å². The number of hydrogen-bond acceptors (Lipinski definition) is 1. The Morgan fingerprint density at radius 3 is 1.75 bits per heavy atom. The van der Waals surface area contributed by atoms with E-state index in [9.17, 15) is 8.78 Å². The van der Waals surface area contributed by atoms with Crippen LogP contribution in [0, 0.1) is 0 Å². The second-order valence-corrected chi connectivity index (χ2v) is 1.13. The largest absolute Gasteiger partial charge is 0.312 e. The molecule has 0 aromatic carbocycles. The van der Waals surface area contributed by atoms with E-state index in [1.165, 1.54) is 0 Å². The lowest BCUT2D eigenvalue weighted by molar-refractivity contribution is 0.430. The molecule has 0 aromatic rings. The molecule has 0 unspecified atom stereocenters. The highest BCUT2D eigenvalue weighted by atomic mass is 35.5. The number of alkyl halides is 2. The molecule has 0 spiro atoms. The van der Waals surface area contributed by atoms with Crippen LogP contribution in [0.15, 0.2) is 0 Å². The fourth-order valence-electron chi connectivity index (χ4n) is 0.259. The third-order valence-corrected chi connectivity index (χ3v) is 0.543. The molecule has 0 aliphatic heterocycles. The van der Waals surface area contributed by atoms with E-state index in [1.54, 1.807) is 0 Å². The van der Waals surface area contributed by atoms with Gasteiger partial charge in [-0.15, -0.1) is 12.4 Å². The second kappa shape index (κ2) is 10.2. The number of hydrogen-bond donors (Lipinski definition) is 1. The van der Waals surface area contributed by atoms with Crippen LogP contribution in [-0.4, -0.2) is 26.4 Å². The Morgan fingerprint density at radius 1 is 1.12 bits per heavy atom. The number of rotatable bonds is 4. The lowest BCUT2D eigenvalue weighted by Gasteiger charge is -1.92. The van der Waals surface area contributed by atoms with Gasteiger partial charge < -0.3 is 5.32 Å². The first-order valence-corrected chi connectivity index (χ1v) is 2.24. The molecule has 0 radical (unpaired) electrons. The van der Waals surface area contributed by atoms with Gasteiger partial charge in [-0.2, -0.15) is 0 Å². The smallest absolute Gasteiger partial charge is 0.102 e. The Labute approximate surface area is 55.4 Å². The molecule has 0 aromatic heterocycles. The summed E-state index contributed by atoms with van der Waals surface area (Å²) in [5, 5.41) is 2.53. The monoisotopic (exact) mass is 147 g/mol. The summed E-state index contributed by atoms with van der Waals surface area (Å²) in [5.74, 6) is 0. The highest BCUT2D eigenvalue weighted by molar-refractivity contribution is 5.85. The summed E-state index contributed by atoms with van der Waals surface area (Å²) in [6.45, 7) is -0.298. The zero-order chi connectivity index (χ0) is 5.54. The van der Waals surface area contributed by atoms with Crippen LogP contribution in [-0.2, 0) is 0 Å². The summed E-state index contributed by atoms with van der Waals surface area (Å²) < 4.78 is 22.3. The topological polar surface area (TPSA) is 12.0 Å². The standard InChI is InChI=1S/C4H9F2N.ClH.H2/c5-1-3-7-4-2-6;;/h7H,1-4H2;2*1H. The second-order valence-electron chi connectivity index (χ2n) is 1.13. The number of halogens is 3. The molecule has 0 atom stereocenters. The van der Waals surface area contributed by atoms with E-state index in [2.05, 4.69) is 5.32 Å². The highest BCUT2D eigenvalue weighted by Crippen LogP contribution is 1.64. The van der Waals surface area contributed by atoms with Crippen molar-refractivity contribution in [2.24, 2.45) is 0 Å². The minimum atomic E-state index is -0.417. The van der Waals surface area contributed by atoms with Gasteiger partial charge in [0.2, 0.25) is 0 Å². The fourth-order valence-corrected chi connectivity index (χ4v) is 0.259. The van der Waals surface area contributed by atoms with E-state index in [0.29, 0.717) is 0 Å². The molecule has 0 fully saturated rings. The number of nitrogens with one attached hydrogen (secondary N) is 1. The van der Waals surface area contributed by atoms with Gasteiger partial charge in [-0.1, -0.05) is 0 Å². The van der Waals surface area contributed by atoms with E-state index < -0.39 is 13.3 Å². The van der Waals surface area contributed by atoms with Gasteiger partial charge in [-0.3, -0.25) is 0 Å². The average Bonchev–Trinajstić information content (AvgIpc) is 1.69. The summed E-state index contributed by atoms with van der Waals surface area (Å²) in [4.78, 5) is 0. The van der Waals surface area contributed by atoms with E-state index >= 15 is 0 Å². The molecular formula is C4H12ClF2N. The van der Waals surface area contributed by atoms with Crippen molar-refractivity contribution in [3.8, 4) is 0 Å². The molecule has 0 bridgehead atoms. The van der Waals surface area contributed by atoms with Crippen LogP contribution in [0.5, 0.6) is 0 Å². The third-order valence-electron chi connectivity index (χ3n) is 0.543. The Bertz CT molecular complexity index is 37.7. The zero-order valence-electron chi connectivity index (χ0n) is 4.49. The summed E-state index contributed by atoms with van der Waals surface area (Å²) in [6, 6.07) is 0. The van der Waals surface area contributed by atoms with Crippen LogP contribution < -0.4 is 5.32 Å². The molecular weight excluding hydrogens is 136 g/mol. The lowest BCUT2D eigenvalue weighted by Crippen LogP contribution is -2.18. The lowest BCUT2D eigenvalue weighted by atomic mass is 10.6. The third kappa shape index (κ3) is 9.44. The molecule has 8 heavy (non-hydrogen) atoms. The molecule has 0 rings (SSSR count). The van der Waals surface area contributed by atoms with Crippen molar-refractivity contribution in [1.29, 1.82) is 0 Å². The Hall–Kier alpha value is 0.110. The van der Waals surface area contributed by atoms with Crippen molar-refractivity contribution >= 4 is 12.4 Å². The average molecular weight is 148 g/mol. The minimum absolute atomic E-state index is 0. The van der Waals surface area contributed by atoms with Crippen molar-refractivity contribution < 1.29 is 10.2 Å². The highest BCUT2D eigenvalue weighted by Gasteiger charge is 1.80. The van der Waals surface area contributed by atoms with Gasteiger partial charge in [0.25, 0.3) is 0 Å². The van der Waals surface area contributed by atoms with E-state index in [4.69, 9.17) is 0 Å². The molecule has 54 valence electrons. The first-order valence-electron chi connectivity index (χ1n) is 2.24. The molecule has 4 heteroatoms. The maximum absolute atomic E-state index is 11.1. The predicted molar refractivity (Wildman–Crippen MR) is 34.2 cm³/mol. The van der Waals surface area contributed by atoms with Crippen molar-refractivity contribution in [2.75, 3.05) is 26.4 Å². The molecule has 0 heterocycles. The maximum atomic E-state index is 11.1. The van der Waals surface area contributed by atoms with Gasteiger partial charge >= 0.3 is 0 Å². The van der Waals surface area contributed by atoms with Gasteiger partial charge in [0.15, 0.2) is 0 Å². The Kier molecular flexibility index (Phi) is 14.0. The van der Waals surface area contributed by atoms with E-state index in [1.807, 2.05) is 0 Å². The molecule has 0 saturated carbocycles. The first kappa shape index (κ1) is 11.0. The van der Waals surface area contributed by atoms with Crippen LogP contribution in [0.25, 0.3) is 0 Å². The van der Waals surface area contributed by atoms with Crippen LogP contribution in [0.1, 0.15) is 1.43 Å². The summed E-state index contributed by atoms with van der Waals surface area (Å²) in [5.41, 5.74) is 0.